The van der Waals surface area contributed by atoms with Crippen LogP contribution in [0.5, 0.6) is 11.6 Å². The summed E-state index contributed by atoms with van der Waals surface area (Å²) in [5.41, 5.74) is 1.86. The number of hydrogen-bond acceptors (Lipinski definition) is 5. The highest BCUT2D eigenvalue weighted by Crippen LogP contribution is 2.24. The lowest BCUT2D eigenvalue weighted by molar-refractivity contribution is 0.0857. The van der Waals surface area contributed by atoms with Crippen LogP contribution >= 0.6 is 0 Å². The van der Waals surface area contributed by atoms with Crippen molar-refractivity contribution < 1.29 is 18.7 Å². The molecule has 3 aromatic rings. The van der Waals surface area contributed by atoms with Crippen molar-refractivity contribution in [3.63, 3.8) is 0 Å². The molecule has 1 aliphatic heterocycles. The van der Waals surface area contributed by atoms with Crippen molar-refractivity contribution in [2.75, 3.05) is 13.2 Å². The van der Waals surface area contributed by atoms with Gasteiger partial charge in [0.05, 0.1) is 11.8 Å². The lowest BCUT2D eigenvalue weighted by Crippen LogP contribution is -2.31. The zero-order valence-corrected chi connectivity index (χ0v) is 15.7. The largest absolute Gasteiger partial charge is 0.439 e. The molecular weight excluding hydrogens is 373 g/mol. The first kappa shape index (κ1) is 19.0. The summed E-state index contributed by atoms with van der Waals surface area (Å²) in [6.07, 6.45) is 3.46. The van der Waals surface area contributed by atoms with Gasteiger partial charge in [0, 0.05) is 30.3 Å². The zero-order chi connectivity index (χ0) is 20.1. The Morgan fingerprint density at radius 1 is 1.17 bits per heavy atom. The Morgan fingerprint density at radius 3 is 2.83 bits per heavy atom. The second-order valence-electron chi connectivity index (χ2n) is 6.72. The highest BCUT2D eigenvalue weighted by molar-refractivity contribution is 5.94. The van der Waals surface area contributed by atoms with E-state index in [4.69, 9.17) is 9.47 Å². The number of halogens is 1. The maximum atomic E-state index is 13.1. The Morgan fingerprint density at radius 2 is 2.03 bits per heavy atom. The van der Waals surface area contributed by atoms with Gasteiger partial charge in [0.15, 0.2) is 0 Å². The van der Waals surface area contributed by atoms with Crippen LogP contribution in [0.2, 0.25) is 0 Å². The van der Waals surface area contributed by atoms with Gasteiger partial charge in [-0.1, -0.05) is 6.07 Å². The highest BCUT2D eigenvalue weighted by atomic mass is 19.1. The third-order valence-corrected chi connectivity index (χ3v) is 4.61. The van der Waals surface area contributed by atoms with Crippen molar-refractivity contribution >= 4 is 5.91 Å². The number of hydrogen-bond donors (Lipinski definition) is 1. The smallest absolute Gasteiger partial charge is 0.251 e. The van der Waals surface area contributed by atoms with Gasteiger partial charge in [0.2, 0.25) is 5.88 Å². The molecule has 29 heavy (non-hydrogen) atoms. The number of ether oxygens (including phenoxy) is 2. The minimum atomic E-state index is -0.311. The minimum absolute atomic E-state index is 0.0873. The van der Waals surface area contributed by atoms with Crippen molar-refractivity contribution in [1.29, 1.82) is 0 Å². The molecule has 0 radical (unpaired) electrons. The first-order valence-electron chi connectivity index (χ1n) is 9.43. The lowest BCUT2D eigenvalue weighted by atomic mass is 10.1. The lowest BCUT2D eigenvalue weighted by Gasteiger charge is -2.11. The number of carbonyl (C=O) groups is 1. The van der Waals surface area contributed by atoms with E-state index in [1.54, 1.807) is 42.5 Å². The summed E-state index contributed by atoms with van der Waals surface area (Å²) in [5.74, 6) is 0.323. The fourth-order valence-electron chi connectivity index (χ4n) is 3.11. The van der Waals surface area contributed by atoms with Crippen LogP contribution in [0.1, 0.15) is 23.2 Å². The SMILES string of the molecule is O=C(NC[C@@H]1CCCO1)c1cccc(Oc2cc(-c3ccc(F)cc3)ncn2)c1. The molecule has 148 valence electrons. The van der Waals surface area contributed by atoms with Crippen LogP contribution in [0.15, 0.2) is 60.9 Å². The molecule has 4 rings (SSSR count). The van der Waals surface area contributed by atoms with E-state index in [9.17, 15) is 9.18 Å². The molecule has 1 N–H and O–H groups in total. The van der Waals surface area contributed by atoms with E-state index in [-0.39, 0.29) is 17.8 Å². The summed E-state index contributed by atoms with van der Waals surface area (Å²) in [5, 5.41) is 2.89. The fourth-order valence-corrected chi connectivity index (χ4v) is 3.11. The summed E-state index contributed by atoms with van der Waals surface area (Å²) in [6.45, 7) is 1.25. The molecule has 1 aromatic heterocycles. The number of nitrogens with zero attached hydrogens (tertiary/aromatic N) is 2. The predicted molar refractivity (Wildman–Crippen MR) is 105 cm³/mol. The average Bonchev–Trinajstić information content (AvgIpc) is 3.27. The Balaban J connectivity index is 1.44. The van der Waals surface area contributed by atoms with Gasteiger partial charge >= 0.3 is 0 Å². The second kappa shape index (κ2) is 8.79. The Kier molecular flexibility index (Phi) is 5.76. The average molecular weight is 393 g/mol. The van der Waals surface area contributed by atoms with E-state index in [1.807, 2.05) is 0 Å². The molecule has 1 amide bonds. The maximum absolute atomic E-state index is 13.1. The standard InChI is InChI=1S/C22H20FN3O3/c23-17-8-6-15(7-9-17)20-12-21(26-14-25-20)29-18-4-1-3-16(11-18)22(27)24-13-19-5-2-10-28-19/h1,3-4,6-9,11-12,14,19H,2,5,10,13H2,(H,24,27)/t19-/m0/s1. The van der Waals surface area contributed by atoms with Gasteiger partial charge in [-0.3, -0.25) is 4.79 Å². The molecule has 7 heteroatoms. The maximum Gasteiger partial charge on any atom is 0.251 e. The number of amides is 1. The van der Waals surface area contributed by atoms with Crippen LogP contribution < -0.4 is 10.1 Å². The first-order valence-corrected chi connectivity index (χ1v) is 9.43. The van der Waals surface area contributed by atoms with Gasteiger partial charge in [-0.15, -0.1) is 0 Å². The quantitative estimate of drug-likeness (QED) is 0.686. The molecule has 0 bridgehead atoms. The molecule has 1 atom stereocenters. The van der Waals surface area contributed by atoms with Gasteiger partial charge in [-0.2, -0.15) is 0 Å². The normalized spacial score (nSPS) is 15.8. The monoisotopic (exact) mass is 393 g/mol. The topological polar surface area (TPSA) is 73.3 Å². The van der Waals surface area contributed by atoms with E-state index >= 15 is 0 Å². The van der Waals surface area contributed by atoms with Crippen molar-refractivity contribution in [3.05, 3.63) is 72.3 Å². The van der Waals surface area contributed by atoms with Crippen LogP contribution in [-0.2, 0) is 4.74 Å². The van der Waals surface area contributed by atoms with Gasteiger partial charge in [-0.05, 0) is 55.3 Å². The Bertz CT molecular complexity index is 989. The summed E-state index contributed by atoms with van der Waals surface area (Å²) in [7, 11) is 0. The van der Waals surface area contributed by atoms with Crippen molar-refractivity contribution in [2.24, 2.45) is 0 Å². The van der Waals surface area contributed by atoms with Crippen molar-refractivity contribution in [2.45, 2.75) is 18.9 Å². The molecule has 2 aromatic carbocycles. The molecule has 2 heterocycles. The molecule has 1 aliphatic rings. The van der Waals surface area contributed by atoms with E-state index < -0.39 is 0 Å². The van der Waals surface area contributed by atoms with Gasteiger partial charge < -0.3 is 14.8 Å². The van der Waals surface area contributed by atoms with Crippen LogP contribution in [0, 0.1) is 5.82 Å². The van der Waals surface area contributed by atoms with E-state index in [0.29, 0.717) is 29.4 Å². The summed E-state index contributed by atoms with van der Waals surface area (Å²) < 4.78 is 24.4. The fraction of sp³-hybridized carbons (Fsp3) is 0.227. The predicted octanol–water partition coefficient (Wildman–Crippen LogP) is 3.98. The number of benzene rings is 2. The van der Waals surface area contributed by atoms with E-state index in [2.05, 4.69) is 15.3 Å². The zero-order valence-electron chi connectivity index (χ0n) is 15.7. The number of nitrogens with one attached hydrogen (secondary N) is 1. The Hall–Kier alpha value is -3.32. The molecule has 0 saturated carbocycles. The molecule has 1 saturated heterocycles. The number of aromatic nitrogens is 2. The van der Waals surface area contributed by atoms with Crippen LogP contribution in [0.3, 0.4) is 0 Å². The summed E-state index contributed by atoms with van der Waals surface area (Å²) in [4.78, 5) is 20.7. The van der Waals surface area contributed by atoms with Gasteiger partial charge in [0.25, 0.3) is 5.91 Å². The molecule has 0 unspecified atom stereocenters. The number of rotatable bonds is 6. The first-order chi connectivity index (χ1) is 14.2. The van der Waals surface area contributed by atoms with E-state index in [1.165, 1.54) is 18.5 Å². The van der Waals surface area contributed by atoms with Crippen molar-refractivity contribution in [1.82, 2.24) is 15.3 Å². The summed E-state index contributed by atoms with van der Waals surface area (Å²) >= 11 is 0. The molecule has 0 spiro atoms. The van der Waals surface area contributed by atoms with Crippen LogP contribution in [0.25, 0.3) is 11.3 Å². The highest BCUT2D eigenvalue weighted by Gasteiger charge is 2.17. The van der Waals surface area contributed by atoms with Gasteiger partial charge in [-0.25, -0.2) is 14.4 Å². The van der Waals surface area contributed by atoms with E-state index in [0.717, 1.165) is 25.0 Å². The minimum Gasteiger partial charge on any atom is -0.439 e. The molecule has 0 aliphatic carbocycles. The summed E-state index contributed by atoms with van der Waals surface area (Å²) in [6, 6.07) is 14.6. The second-order valence-corrected chi connectivity index (χ2v) is 6.72. The number of carbonyl (C=O) groups excluding carboxylic acids is 1. The van der Waals surface area contributed by atoms with Crippen molar-refractivity contribution in [3.8, 4) is 22.9 Å². The molecular formula is C22H20FN3O3. The van der Waals surface area contributed by atoms with Crippen LogP contribution in [-0.4, -0.2) is 35.1 Å². The van der Waals surface area contributed by atoms with Crippen LogP contribution in [0.4, 0.5) is 4.39 Å². The third-order valence-electron chi connectivity index (χ3n) is 4.61. The Labute approximate surface area is 167 Å². The molecule has 6 nitrogen and oxygen atoms in total. The molecule has 1 fully saturated rings. The third kappa shape index (κ3) is 4.94. The van der Waals surface area contributed by atoms with Gasteiger partial charge in [0.1, 0.15) is 17.9 Å².